The number of nitrogens with zero attached hydrogens (tertiary/aromatic N) is 3. The minimum atomic E-state index is -0.782. The van der Waals surface area contributed by atoms with Crippen LogP contribution in [0.5, 0.6) is 0 Å². The molecule has 1 aromatic rings. The van der Waals surface area contributed by atoms with Gasteiger partial charge in [0.15, 0.2) is 0 Å². The summed E-state index contributed by atoms with van der Waals surface area (Å²) in [6, 6.07) is -0.105. The van der Waals surface area contributed by atoms with Crippen LogP contribution in [0, 0.1) is 0 Å². The Hall–Kier alpha value is -1.40. The Balaban J connectivity index is 2.15. The maximum absolute atomic E-state index is 11.0. The number of aliphatic carboxylic acids is 1. The van der Waals surface area contributed by atoms with Gasteiger partial charge in [0.05, 0.1) is 25.8 Å². The molecule has 1 unspecified atom stereocenters. The lowest BCUT2D eigenvalue weighted by atomic mass is 10.1. The van der Waals surface area contributed by atoms with Crippen molar-refractivity contribution in [3.8, 4) is 0 Å². The molecular formula is C12H19N3O3. The van der Waals surface area contributed by atoms with Gasteiger partial charge in [-0.2, -0.15) is 5.10 Å². The van der Waals surface area contributed by atoms with Crippen LogP contribution in [0.15, 0.2) is 12.4 Å². The number of rotatable bonds is 5. The topological polar surface area (TPSA) is 67.6 Å². The summed E-state index contributed by atoms with van der Waals surface area (Å²) in [5.74, 6) is -0.782. The van der Waals surface area contributed by atoms with Crippen LogP contribution in [0.3, 0.4) is 0 Å². The molecule has 6 nitrogen and oxygen atoms in total. The number of hydrogen-bond acceptors (Lipinski definition) is 4. The van der Waals surface area contributed by atoms with Crippen LogP contribution >= 0.6 is 0 Å². The van der Waals surface area contributed by atoms with E-state index in [2.05, 4.69) is 10.00 Å². The predicted octanol–water partition coefficient (Wildman–Crippen LogP) is 0.751. The number of carboxylic acids is 1. The number of morpholine rings is 1. The van der Waals surface area contributed by atoms with E-state index in [0.29, 0.717) is 13.2 Å². The summed E-state index contributed by atoms with van der Waals surface area (Å²) in [6.07, 6.45) is 3.81. The van der Waals surface area contributed by atoms with E-state index in [-0.39, 0.29) is 12.5 Å². The molecule has 100 valence electrons. The molecule has 0 saturated carbocycles. The van der Waals surface area contributed by atoms with Crippen LogP contribution in [-0.2, 0) is 16.1 Å². The molecule has 0 bridgehead atoms. The minimum Gasteiger partial charge on any atom is -0.481 e. The molecule has 1 aliphatic rings. The molecule has 0 amide bonds. The third-order valence-corrected chi connectivity index (χ3v) is 3.22. The Morgan fingerprint density at radius 3 is 2.83 bits per heavy atom. The quantitative estimate of drug-likeness (QED) is 0.838. The molecule has 2 rings (SSSR count). The van der Waals surface area contributed by atoms with Gasteiger partial charge in [-0.3, -0.25) is 14.4 Å². The van der Waals surface area contributed by atoms with Crippen molar-refractivity contribution in [2.75, 3.05) is 26.3 Å². The number of carboxylic acid groups (broad SMARTS) is 1. The van der Waals surface area contributed by atoms with Crippen molar-refractivity contribution in [3.63, 3.8) is 0 Å². The lowest BCUT2D eigenvalue weighted by Crippen LogP contribution is -2.39. The van der Waals surface area contributed by atoms with Crippen molar-refractivity contribution in [3.05, 3.63) is 18.0 Å². The Labute approximate surface area is 106 Å². The molecule has 2 heterocycles. The molecule has 0 radical (unpaired) electrons. The van der Waals surface area contributed by atoms with Crippen LogP contribution in [0.1, 0.15) is 24.9 Å². The Morgan fingerprint density at radius 2 is 2.28 bits per heavy atom. The van der Waals surface area contributed by atoms with Gasteiger partial charge in [0.1, 0.15) is 0 Å². The molecule has 0 aliphatic carbocycles. The van der Waals surface area contributed by atoms with Gasteiger partial charge < -0.3 is 9.84 Å². The van der Waals surface area contributed by atoms with Crippen molar-refractivity contribution >= 4 is 5.97 Å². The molecule has 1 fully saturated rings. The molecule has 6 heteroatoms. The van der Waals surface area contributed by atoms with Crippen LogP contribution in [-0.4, -0.2) is 52.1 Å². The van der Waals surface area contributed by atoms with Gasteiger partial charge in [0, 0.05) is 37.4 Å². The molecule has 1 aliphatic heterocycles. The van der Waals surface area contributed by atoms with Crippen LogP contribution < -0.4 is 0 Å². The fourth-order valence-electron chi connectivity index (χ4n) is 2.24. The smallest absolute Gasteiger partial charge is 0.305 e. The molecular weight excluding hydrogens is 234 g/mol. The number of ether oxygens (including phenoxy) is 1. The largest absolute Gasteiger partial charge is 0.481 e. The maximum Gasteiger partial charge on any atom is 0.305 e. The van der Waals surface area contributed by atoms with Crippen molar-refractivity contribution in [1.82, 2.24) is 14.7 Å². The zero-order valence-electron chi connectivity index (χ0n) is 10.6. The molecule has 1 atom stereocenters. The van der Waals surface area contributed by atoms with E-state index in [0.717, 1.165) is 25.2 Å². The maximum atomic E-state index is 11.0. The van der Waals surface area contributed by atoms with Gasteiger partial charge >= 0.3 is 5.97 Å². The average Bonchev–Trinajstić information content (AvgIpc) is 2.85. The van der Waals surface area contributed by atoms with Crippen molar-refractivity contribution < 1.29 is 14.6 Å². The SMILES string of the molecule is CCn1cc(C(CC(=O)O)N2CCOCC2)cn1. The minimum absolute atomic E-state index is 0.105. The van der Waals surface area contributed by atoms with Gasteiger partial charge in [0.2, 0.25) is 0 Å². The number of aryl methyl sites for hydroxylation is 1. The van der Waals surface area contributed by atoms with E-state index in [1.807, 2.05) is 17.8 Å². The lowest BCUT2D eigenvalue weighted by molar-refractivity contribution is -0.139. The molecule has 0 aromatic carbocycles. The van der Waals surface area contributed by atoms with Gasteiger partial charge in [-0.25, -0.2) is 0 Å². The summed E-state index contributed by atoms with van der Waals surface area (Å²) in [4.78, 5) is 13.2. The van der Waals surface area contributed by atoms with Gasteiger partial charge in [-0.1, -0.05) is 0 Å². The first kappa shape index (κ1) is 13.0. The number of aromatic nitrogens is 2. The first-order valence-electron chi connectivity index (χ1n) is 6.26. The summed E-state index contributed by atoms with van der Waals surface area (Å²) < 4.78 is 7.13. The molecule has 1 aromatic heterocycles. The Bertz CT molecular complexity index is 399. The third-order valence-electron chi connectivity index (χ3n) is 3.22. The second-order valence-corrected chi connectivity index (χ2v) is 4.39. The number of carbonyl (C=O) groups is 1. The third kappa shape index (κ3) is 3.08. The zero-order chi connectivity index (χ0) is 13.0. The van der Waals surface area contributed by atoms with Crippen molar-refractivity contribution in [2.45, 2.75) is 25.9 Å². The first-order chi connectivity index (χ1) is 8.70. The fourth-order valence-corrected chi connectivity index (χ4v) is 2.24. The molecule has 1 saturated heterocycles. The summed E-state index contributed by atoms with van der Waals surface area (Å²) in [7, 11) is 0. The van der Waals surface area contributed by atoms with Gasteiger partial charge in [-0.15, -0.1) is 0 Å². The van der Waals surface area contributed by atoms with Crippen LogP contribution in [0.25, 0.3) is 0 Å². The highest BCUT2D eigenvalue weighted by atomic mass is 16.5. The first-order valence-corrected chi connectivity index (χ1v) is 6.26. The summed E-state index contributed by atoms with van der Waals surface area (Å²) in [5, 5.41) is 13.3. The highest BCUT2D eigenvalue weighted by Gasteiger charge is 2.25. The predicted molar refractivity (Wildman–Crippen MR) is 65.3 cm³/mol. The van der Waals surface area contributed by atoms with Gasteiger partial charge in [0.25, 0.3) is 0 Å². The molecule has 18 heavy (non-hydrogen) atoms. The second kappa shape index (κ2) is 5.97. The Morgan fingerprint density at radius 1 is 1.56 bits per heavy atom. The zero-order valence-corrected chi connectivity index (χ0v) is 10.6. The van der Waals surface area contributed by atoms with E-state index >= 15 is 0 Å². The summed E-state index contributed by atoms with van der Waals surface area (Å²) in [5.41, 5.74) is 0.973. The van der Waals surface area contributed by atoms with Gasteiger partial charge in [-0.05, 0) is 6.92 Å². The van der Waals surface area contributed by atoms with Crippen LogP contribution in [0.2, 0.25) is 0 Å². The van der Waals surface area contributed by atoms with Crippen LogP contribution in [0.4, 0.5) is 0 Å². The summed E-state index contributed by atoms with van der Waals surface area (Å²) >= 11 is 0. The van der Waals surface area contributed by atoms with E-state index in [1.54, 1.807) is 6.20 Å². The van der Waals surface area contributed by atoms with E-state index < -0.39 is 5.97 Å². The van der Waals surface area contributed by atoms with Crippen molar-refractivity contribution in [1.29, 1.82) is 0 Å². The molecule has 1 N–H and O–H groups in total. The fraction of sp³-hybridized carbons (Fsp3) is 0.667. The highest BCUT2D eigenvalue weighted by Crippen LogP contribution is 2.24. The number of hydrogen-bond donors (Lipinski definition) is 1. The second-order valence-electron chi connectivity index (χ2n) is 4.39. The monoisotopic (exact) mass is 253 g/mol. The summed E-state index contributed by atoms with van der Waals surface area (Å²) in [6.45, 7) is 5.68. The van der Waals surface area contributed by atoms with E-state index in [9.17, 15) is 4.79 Å². The highest BCUT2D eigenvalue weighted by molar-refractivity contribution is 5.67. The Kier molecular flexibility index (Phi) is 4.33. The lowest BCUT2D eigenvalue weighted by Gasteiger charge is -2.33. The standard InChI is InChI=1S/C12H19N3O3/c1-2-15-9-10(8-13-15)11(7-12(16)17)14-3-5-18-6-4-14/h8-9,11H,2-7H2,1H3,(H,16,17). The normalized spacial score (nSPS) is 18.7. The van der Waals surface area contributed by atoms with E-state index in [4.69, 9.17) is 9.84 Å². The van der Waals surface area contributed by atoms with Crippen molar-refractivity contribution in [2.24, 2.45) is 0 Å². The van der Waals surface area contributed by atoms with E-state index in [1.165, 1.54) is 0 Å². The average molecular weight is 253 g/mol. The molecule has 0 spiro atoms.